The summed E-state index contributed by atoms with van der Waals surface area (Å²) in [4.78, 5) is 21.9. The Balaban J connectivity index is 2.32. The number of aldehydes is 1. The van der Waals surface area contributed by atoms with Gasteiger partial charge in [-0.3, -0.25) is 4.79 Å². The van der Waals surface area contributed by atoms with E-state index in [0.717, 1.165) is 4.88 Å². The number of hydrogen-bond donors (Lipinski definition) is 1. The van der Waals surface area contributed by atoms with E-state index in [1.165, 1.54) is 11.3 Å². The van der Waals surface area contributed by atoms with Gasteiger partial charge in [-0.05, 0) is 11.4 Å². The number of thiophene rings is 1. The lowest BCUT2D eigenvalue weighted by atomic mass is 10.3. The van der Waals surface area contributed by atoms with E-state index in [1.807, 2.05) is 17.5 Å². The van der Waals surface area contributed by atoms with Crippen molar-refractivity contribution in [1.29, 1.82) is 0 Å². The second-order valence-corrected chi connectivity index (χ2v) is 3.26. The number of rotatable bonds is 4. The van der Waals surface area contributed by atoms with E-state index in [-0.39, 0.29) is 12.5 Å². The second kappa shape index (κ2) is 4.66. The topological polar surface area (TPSA) is 46.2 Å². The van der Waals surface area contributed by atoms with E-state index < -0.39 is 0 Å². The number of nitrogens with one attached hydrogen (secondary N) is 1. The molecule has 0 aliphatic heterocycles. The normalized spacial score (nSPS) is 9.33. The summed E-state index contributed by atoms with van der Waals surface area (Å²) in [5.41, 5.74) is 0. The number of carbonyl (C=O) groups excluding carboxylic acids is 2. The fourth-order valence-electron chi connectivity index (χ4n) is 0.789. The van der Waals surface area contributed by atoms with E-state index in [9.17, 15) is 9.59 Å². The highest BCUT2D eigenvalue weighted by Gasteiger charge is 2.01. The van der Waals surface area contributed by atoms with Crippen LogP contribution in [0.1, 0.15) is 4.88 Å². The molecular weight excluding hydrogens is 174 g/mol. The van der Waals surface area contributed by atoms with Gasteiger partial charge < -0.3 is 10.1 Å². The van der Waals surface area contributed by atoms with Crippen LogP contribution < -0.4 is 5.32 Å². The highest BCUT2D eigenvalue weighted by Crippen LogP contribution is 2.08. The Kier molecular flexibility index (Phi) is 3.47. The zero-order valence-electron chi connectivity index (χ0n) is 6.45. The number of carbonyl (C=O) groups is 2. The summed E-state index contributed by atoms with van der Waals surface area (Å²) in [6.45, 7) is 0.101. The quantitative estimate of drug-likeness (QED) is 0.695. The molecule has 12 heavy (non-hydrogen) atoms. The zero-order chi connectivity index (χ0) is 8.81. The van der Waals surface area contributed by atoms with Crippen molar-refractivity contribution in [2.75, 3.05) is 6.54 Å². The lowest BCUT2D eigenvalue weighted by Gasteiger charge is -1.97. The maximum atomic E-state index is 11.0. The molecule has 0 fully saturated rings. The minimum atomic E-state index is -0.107. The molecule has 1 heterocycles. The molecule has 3 nitrogen and oxygen atoms in total. The van der Waals surface area contributed by atoms with Crippen LogP contribution in [0.25, 0.3) is 0 Å². The van der Waals surface area contributed by atoms with Crippen molar-refractivity contribution in [3.63, 3.8) is 0 Å². The van der Waals surface area contributed by atoms with Gasteiger partial charge in [-0.2, -0.15) is 0 Å². The van der Waals surface area contributed by atoms with Crippen LogP contribution in [0, 0.1) is 0 Å². The summed E-state index contributed by atoms with van der Waals surface area (Å²) < 4.78 is 0. The number of amides is 1. The first kappa shape index (κ1) is 8.93. The molecular formula is C8H9NO2S. The minimum Gasteiger partial charge on any atom is -0.349 e. The maximum Gasteiger partial charge on any atom is 0.225 e. The molecule has 0 saturated heterocycles. The van der Waals surface area contributed by atoms with Gasteiger partial charge in [0.2, 0.25) is 5.91 Å². The molecule has 0 bridgehead atoms. The van der Waals surface area contributed by atoms with Crippen LogP contribution in [0.4, 0.5) is 0 Å². The van der Waals surface area contributed by atoms with Gasteiger partial charge in [-0.25, -0.2) is 0 Å². The third-order valence-corrected chi connectivity index (χ3v) is 2.17. The summed E-state index contributed by atoms with van der Waals surface area (Å²) in [5.74, 6) is -0.107. The molecule has 0 spiro atoms. The third-order valence-electron chi connectivity index (χ3n) is 1.30. The standard InChI is InChI=1S/C8H9NO2S/c10-4-3-9-8(11)6-7-2-1-5-12-7/h1-2,4-5H,3,6H2,(H,9,11). The highest BCUT2D eigenvalue weighted by atomic mass is 32.1. The first-order valence-electron chi connectivity index (χ1n) is 3.55. The Bertz CT molecular complexity index is 256. The zero-order valence-corrected chi connectivity index (χ0v) is 7.26. The van der Waals surface area contributed by atoms with E-state index in [0.29, 0.717) is 12.7 Å². The Morgan fingerprint density at radius 2 is 2.50 bits per heavy atom. The van der Waals surface area contributed by atoms with Gasteiger partial charge in [0, 0.05) is 4.88 Å². The van der Waals surface area contributed by atoms with Crippen LogP contribution in [0.2, 0.25) is 0 Å². The van der Waals surface area contributed by atoms with Crippen molar-refractivity contribution in [2.45, 2.75) is 6.42 Å². The van der Waals surface area contributed by atoms with E-state index >= 15 is 0 Å². The van der Waals surface area contributed by atoms with Gasteiger partial charge in [0.15, 0.2) is 0 Å². The van der Waals surface area contributed by atoms with Crippen LogP contribution in [0.3, 0.4) is 0 Å². The van der Waals surface area contributed by atoms with E-state index in [2.05, 4.69) is 5.32 Å². The molecule has 0 radical (unpaired) electrons. The van der Waals surface area contributed by atoms with E-state index in [1.54, 1.807) is 0 Å². The minimum absolute atomic E-state index is 0.101. The molecule has 4 heteroatoms. The largest absolute Gasteiger partial charge is 0.349 e. The first-order chi connectivity index (χ1) is 5.83. The van der Waals surface area contributed by atoms with Gasteiger partial charge >= 0.3 is 0 Å². The second-order valence-electron chi connectivity index (χ2n) is 2.23. The molecule has 1 amide bonds. The van der Waals surface area contributed by atoms with Crippen molar-refractivity contribution in [3.8, 4) is 0 Å². The van der Waals surface area contributed by atoms with Crippen molar-refractivity contribution in [2.24, 2.45) is 0 Å². The van der Waals surface area contributed by atoms with Gasteiger partial charge in [-0.1, -0.05) is 6.07 Å². The fraction of sp³-hybridized carbons (Fsp3) is 0.250. The predicted molar refractivity (Wildman–Crippen MR) is 47.1 cm³/mol. The molecule has 1 aromatic heterocycles. The lowest BCUT2D eigenvalue weighted by molar-refractivity contribution is -0.121. The smallest absolute Gasteiger partial charge is 0.225 e. The fourth-order valence-corrected chi connectivity index (χ4v) is 1.49. The van der Waals surface area contributed by atoms with Crippen LogP contribution in [0.15, 0.2) is 17.5 Å². The number of hydrogen-bond acceptors (Lipinski definition) is 3. The van der Waals surface area contributed by atoms with Crippen LogP contribution in [-0.2, 0) is 16.0 Å². The van der Waals surface area contributed by atoms with Crippen molar-refractivity contribution in [1.82, 2.24) is 5.32 Å². The average Bonchev–Trinajstić information content (AvgIpc) is 2.53. The monoisotopic (exact) mass is 183 g/mol. The first-order valence-corrected chi connectivity index (χ1v) is 4.43. The van der Waals surface area contributed by atoms with Gasteiger partial charge in [0.25, 0.3) is 0 Å². The summed E-state index contributed by atoms with van der Waals surface area (Å²) in [7, 11) is 0. The highest BCUT2D eigenvalue weighted by molar-refractivity contribution is 7.10. The Hall–Kier alpha value is -1.16. The van der Waals surface area contributed by atoms with Gasteiger partial charge in [0.05, 0.1) is 13.0 Å². The molecule has 0 aliphatic rings. The predicted octanol–water partition coefficient (Wildman–Crippen LogP) is 0.606. The van der Waals surface area contributed by atoms with Gasteiger partial charge in [-0.15, -0.1) is 11.3 Å². The molecule has 0 aromatic carbocycles. The SMILES string of the molecule is O=CCNC(=O)Cc1cccs1. The van der Waals surface area contributed by atoms with Crippen LogP contribution in [0.5, 0.6) is 0 Å². The van der Waals surface area contributed by atoms with Gasteiger partial charge in [0.1, 0.15) is 6.29 Å². The summed E-state index contributed by atoms with van der Waals surface area (Å²) >= 11 is 1.54. The van der Waals surface area contributed by atoms with Crippen molar-refractivity contribution in [3.05, 3.63) is 22.4 Å². The molecule has 0 unspecified atom stereocenters. The molecule has 64 valence electrons. The summed E-state index contributed by atoms with van der Waals surface area (Å²) in [6, 6.07) is 3.79. The molecule has 1 rings (SSSR count). The summed E-state index contributed by atoms with van der Waals surface area (Å²) in [6.07, 6.45) is 1.04. The van der Waals surface area contributed by atoms with Crippen LogP contribution in [-0.4, -0.2) is 18.7 Å². The summed E-state index contributed by atoms with van der Waals surface area (Å²) in [5, 5.41) is 4.39. The third kappa shape index (κ3) is 2.84. The molecule has 1 N–H and O–H groups in total. The lowest BCUT2D eigenvalue weighted by Crippen LogP contribution is -2.26. The van der Waals surface area contributed by atoms with Crippen molar-refractivity contribution >= 4 is 23.5 Å². The maximum absolute atomic E-state index is 11.0. The molecule has 1 aromatic rings. The molecule has 0 atom stereocenters. The Morgan fingerprint density at radius 1 is 1.67 bits per heavy atom. The van der Waals surface area contributed by atoms with E-state index in [4.69, 9.17) is 0 Å². The van der Waals surface area contributed by atoms with Crippen LogP contribution >= 0.6 is 11.3 Å². The molecule has 0 saturated carbocycles. The Morgan fingerprint density at radius 3 is 3.08 bits per heavy atom. The van der Waals surface area contributed by atoms with Crippen molar-refractivity contribution < 1.29 is 9.59 Å². The average molecular weight is 183 g/mol. The Labute approximate surface area is 74.4 Å². The molecule has 0 aliphatic carbocycles.